The van der Waals surface area contributed by atoms with Crippen molar-refractivity contribution >= 4 is 5.97 Å². The molecule has 5 nitrogen and oxygen atoms in total. The minimum atomic E-state index is -1.11. The smallest absolute Gasteiger partial charge is 0.358 e. The van der Waals surface area contributed by atoms with Gasteiger partial charge in [0, 0.05) is 6.07 Å². The standard InChI is InChI=1S/C9H7NO4/c1-5-6(2-3-13-5)8-4-7(9(11)12)10-14-8/h2-4H,1H3,(H,11,12). The molecular weight excluding hydrogens is 186 g/mol. The van der Waals surface area contributed by atoms with Crippen LogP contribution >= 0.6 is 0 Å². The predicted octanol–water partition coefficient (Wildman–Crippen LogP) is 1.94. The van der Waals surface area contributed by atoms with Gasteiger partial charge < -0.3 is 14.0 Å². The molecule has 0 aliphatic carbocycles. The first-order valence-corrected chi connectivity index (χ1v) is 3.93. The van der Waals surface area contributed by atoms with E-state index in [9.17, 15) is 4.79 Å². The zero-order valence-corrected chi connectivity index (χ0v) is 7.35. The molecule has 0 atom stereocenters. The summed E-state index contributed by atoms with van der Waals surface area (Å²) in [5.41, 5.74) is 0.602. The Balaban J connectivity index is 2.43. The van der Waals surface area contributed by atoms with Crippen LogP contribution in [0.1, 0.15) is 16.2 Å². The minimum Gasteiger partial charge on any atom is -0.476 e. The molecule has 0 saturated heterocycles. The van der Waals surface area contributed by atoms with Gasteiger partial charge in [-0.1, -0.05) is 5.16 Å². The molecule has 0 unspecified atom stereocenters. The largest absolute Gasteiger partial charge is 0.476 e. The van der Waals surface area contributed by atoms with Gasteiger partial charge in [-0.25, -0.2) is 4.79 Å². The van der Waals surface area contributed by atoms with E-state index in [2.05, 4.69) is 5.16 Å². The molecule has 0 radical (unpaired) electrons. The highest BCUT2D eigenvalue weighted by Crippen LogP contribution is 2.24. The quantitative estimate of drug-likeness (QED) is 0.788. The van der Waals surface area contributed by atoms with E-state index in [1.807, 2.05) is 0 Å². The van der Waals surface area contributed by atoms with Gasteiger partial charge in [0.1, 0.15) is 5.76 Å². The molecule has 0 aliphatic heterocycles. The first kappa shape index (κ1) is 8.55. The number of aryl methyl sites for hydroxylation is 1. The molecule has 0 bridgehead atoms. The number of carbonyl (C=O) groups is 1. The van der Waals surface area contributed by atoms with Crippen LogP contribution in [0.3, 0.4) is 0 Å². The first-order valence-electron chi connectivity index (χ1n) is 3.93. The fraction of sp³-hybridized carbons (Fsp3) is 0.111. The van der Waals surface area contributed by atoms with Crippen LogP contribution in [0, 0.1) is 6.92 Å². The summed E-state index contributed by atoms with van der Waals surface area (Å²) in [5, 5.41) is 12.0. The van der Waals surface area contributed by atoms with Crippen LogP contribution in [0.25, 0.3) is 11.3 Å². The van der Waals surface area contributed by atoms with Crippen molar-refractivity contribution in [3.63, 3.8) is 0 Å². The monoisotopic (exact) mass is 193 g/mol. The van der Waals surface area contributed by atoms with Gasteiger partial charge in [0.2, 0.25) is 0 Å². The number of carboxylic acids is 1. The summed E-state index contributed by atoms with van der Waals surface area (Å²) >= 11 is 0. The van der Waals surface area contributed by atoms with Crippen LogP contribution in [-0.4, -0.2) is 16.2 Å². The lowest BCUT2D eigenvalue weighted by molar-refractivity contribution is 0.0686. The molecule has 2 heterocycles. The van der Waals surface area contributed by atoms with Crippen LogP contribution in [0.2, 0.25) is 0 Å². The fourth-order valence-corrected chi connectivity index (χ4v) is 1.14. The summed E-state index contributed by atoms with van der Waals surface area (Å²) in [7, 11) is 0. The van der Waals surface area contributed by atoms with Gasteiger partial charge in [0.05, 0.1) is 11.8 Å². The normalized spacial score (nSPS) is 10.4. The summed E-state index contributed by atoms with van der Waals surface area (Å²) in [6, 6.07) is 3.06. The van der Waals surface area contributed by atoms with Crippen molar-refractivity contribution in [2.24, 2.45) is 0 Å². The minimum absolute atomic E-state index is 0.111. The molecule has 5 heteroatoms. The van der Waals surface area contributed by atoms with Crippen LogP contribution < -0.4 is 0 Å². The second kappa shape index (κ2) is 3.02. The zero-order valence-electron chi connectivity index (χ0n) is 7.35. The van der Waals surface area contributed by atoms with Gasteiger partial charge in [-0.2, -0.15) is 0 Å². The number of hydrogen-bond donors (Lipinski definition) is 1. The second-order valence-electron chi connectivity index (χ2n) is 2.77. The van der Waals surface area contributed by atoms with E-state index in [1.165, 1.54) is 12.3 Å². The topological polar surface area (TPSA) is 76.5 Å². The number of aromatic carboxylic acids is 1. The fourth-order valence-electron chi connectivity index (χ4n) is 1.14. The van der Waals surface area contributed by atoms with Crippen molar-refractivity contribution in [3.05, 3.63) is 29.9 Å². The van der Waals surface area contributed by atoms with Gasteiger partial charge in [-0.05, 0) is 13.0 Å². The van der Waals surface area contributed by atoms with Crippen molar-refractivity contribution in [3.8, 4) is 11.3 Å². The Morgan fingerprint density at radius 3 is 2.86 bits per heavy atom. The van der Waals surface area contributed by atoms with E-state index < -0.39 is 5.97 Å². The van der Waals surface area contributed by atoms with Crippen LogP contribution in [0.4, 0.5) is 0 Å². The van der Waals surface area contributed by atoms with Gasteiger partial charge in [-0.15, -0.1) is 0 Å². The summed E-state index contributed by atoms with van der Waals surface area (Å²) in [6.07, 6.45) is 1.51. The highest BCUT2D eigenvalue weighted by atomic mass is 16.5. The Hall–Kier alpha value is -2.04. The second-order valence-corrected chi connectivity index (χ2v) is 2.77. The van der Waals surface area contributed by atoms with E-state index in [1.54, 1.807) is 13.0 Å². The van der Waals surface area contributed by atoms with Crippen molar-refractivity contribution in [1.29, 1.82) is 0 Å². The molecule has 0 aliphatic rings. The van der Waals surface area contributed by atoms with Crippen molar-refractivity contribution in [1.82, 2.24) is 5.16 Å². The molecule has 2 aromatic heterocycles. The van der Waals surface area contributed by atoms with Crippen molar-refractivity contribution in [2.75, 3.05) is 0 Å². The lowest BCUT2D eigenvalue weighted by Gasteiger charge is -1.88. The summed E-state index contributed by atoms with van der Waals surface area (Å²) in [5.74, 6) is -0.0483. The summed E-state index contributed by atoms with van der Waals surface area (Å²) in [4.78, 5) is 10.5. The molecule has 2 rings (SSSR count). The van der Waals surface area contributed by atoms with E-state index in [-0.39, 0.29) is 5.69 Å². The molecule has 0 spiro atoms. The lowest BCUT2D eigenvalue weighted by atomic mass is 10.2. The van der Waals surface area contributed by atoms with E-state index in [0.29, 0.717) is 17.1 Å². The third-order valence-corrected chi connectivity index (χ3v) is 1.85. The lowest BCUT2D eigenvalue weighted by Crippen LogP contribution is -1.94. The molecule has 1 N–H and O–H groups in total. The predicted molar refractivity (Wildman–Crippen MR) is 45.9 cm³/mol. The number of carboxylic acid groups (broad SMARTS) is 1. The third kappa shape index (κ3) is 1.28. The Morgan fingerprint density at radius 2 is 2.36 bits per heavy atom. The maximum atomic E-state index is 10.5. The van der Waals surface area contributed by atoms with Crippen LogP contribution in [0.15, 0.2) is 27.3 Å². The Kier molecular flexibility index (Phi) is 1.85. The third-order valence-electron chi connectivity index (χ3n) is 1.85. The van der Waals surface area contributed by atoms with Crippen LogP contribution in [-0.2, 0) is 0 Å². The average molecular weight is 193 g/mol. The van der Waals surface area contributed by atoms with Gasteiger partial charge in [0.15, 0.2) is 11.5 Å². The molecule has 0 saturated carbocycles. The Morgan fingerprint density at radius 1 is 1.57 bits per heavy atom. The molecule has 0 aromatic carbocycles. The molecule has 14 heavy (non-hydrogen) atoms. The van der Waals surface area contributed by atoms with E-state index >= 15 is 0 Å². The van der Waals surface area contributed by atoms with Gasteiger partial charge in [0.25, 0.3) is 0 Å². The van der Waals surface area contributed by atoms with Gasteiger partial charge >= 0.3 is 5.97 Å². The average Bonchev–Trinajstić information content (AvgIpc) is 2.71. The number of nitrogens with zero attached hydrogens (tertiary/aromatic N) is 1. The van der Waals surface area contributed by atoms with E-state index in [4.69, 9.17) is 14.0 Å². The first-order chi connectivity index (χ1) is 6.68. The number of hydrogen-bond acceptors (Lipinski definition) is 4. The number of rotatable bonds is 2. The summed E-state index contributed by atoms with van der Waals surface area (Å²) < 4.78 is 9.91. The number of aromatic nitrogens is 1. The number of furan rings is 1. The zero-order chi connectivity index (χ0) is 10.1. The highest BCUT2D eigenvalue weighted by molar-refractivity contribution is 5.86. The highest BCUT2D eigenvalue weighted by Gasteiger charge is 2.14. The summed E-state index contributed by atoms with van der Waals surface area (Å²) in [6.45, 7) is 1.76. The molecule has 2 aromatic rings. The van der Waals surface area contributed by atoms with Crippen molar-refractivity contribution in [2.45, 2.75) is 6.92 Å². The molecule has 0 amide bonds. The maximum absolute atomic E-state index is 10.5. The van der Waals surface area contributed by atoms with Gasteiger partial charge in [-0.3, -0.25) is 0 Å². The maximum Gasteiger partial charge on any atom is 0.358 e. The van der Waals surface area contributed by atoms with Crippen molar-refractivity contribution < 1.29 is 18.8 Å². The molecule has 72 valence electrons. The molecular formula is C9H7NO4. The van der Waals surface area contributed by atoms with E-state index in [0.717, 1.165) is 0 Å². The SMILES string of the molecule is Cc1occc1-c1cc(C(=O)O)no1. The van der Waals surface area contributed by atoms with Crippen LogP contribution in [0.5, 0.6) is 0 Å². The Bertz CT molecular complexity index is 469. The molecule has 0 fully saturated rings. The Labute approximate surface area is 78.9 Å².